The second-order valence-corrected chi connectivity index (χ2v) is 11.9. The third-order valence-corrected chi connectivity index (χ3v) is 8.11. The first-order valence-corrected chi connectivity index (χ1v) is 14.8. The SMILES string of the molecule is CC(C)CCN(c1cccc(CNC(=O)C(CC(N)=O)NC(=O)OCc2ccccc2)c1O)S(=O)(=O)c1ccccc1. The number of para-hydroxylation sites is 1. The Morgan fingerprint density at radius 3 is 2.21 bits per heavy atom. The van der Waals surface area contributed by atoms with Gasteiger partial charge in [0.2, 0.25) is 11.8 Å². The van der Waals surface area contributed by atoms with Crippen molar-refractivity contribution in [1.29, 1.82) is 0 Å². The van der Waals surface area contributed by atoms with E-state index in [0.717, 1.165) is 9.87 Å². The van der Waals surface area contributed by atoms with Crippen LogP contribution in [0.2, 0.25) is 0 Å². The van der Waals surface area contributed by atoms with Crippen LogP contribution in [-0.2, 0) is 37.5 Å². The number of phenols is 1. The lowest BCUT2D eigenvalue weighted by molar-refractivity contribution is -0.127. The fourth-order valence-corrected chi connectivity index (χ4v) is 5.52. The highest BCUT2D eigenvalue weighted by atomic mass is 32.2. The monoisotopic (exact) mass is 596 g/mol. The highest BCUT2D eigenvalue weighted by Crippen LogP contribution is 2.35. The van der Waals surface area contributed by atoms with Gasteiger partial charge in [-0.2, -0.15) is 0 Å². The number of alkyl carbamates (subject to hydrolysis) is 1. The van der Waals surface area contributed by atoms with Gasteiger partial charge in [0.25, 0.3) is 10.0 Å². The van der Waals surface area contributed by atoms with E-state index in [9.17, 15) is 27.9 Å². The molecule has 11 nitrogen and oxygen atoms in total. The van der Waals surface area contributed by atoms with Gasteiger partial charge in [-0.3, -0.25) is 13.9 Å². The van der Waals surface area contributed by atoms with E-state index in [1.165, 1.54) is 24.3 Å². The second-order valence-electron chi connectivity index (χ2n) is 10.0. The zero-order chi connectivity index (χ0) is 30.7. The molecule has 0 spiro atoms. The van der Waals surface area contributed by atoms with Crippen LogP contribution in [0.25, 0.3) is 0 Å². The minimum atomic E-state index is -4.01. The predicted molar refractivity (Wildman–Crippen MR) is 158 cm³/mol. The van der Waals surface area contributed by atoms with E-state index in [4.69, 9.17) is 10.5 Å². The number of anilines is 1. The first-order valence-electron chi connectivity index (χ1n) is 13.4. The molecule has 1 unspecified atom stereocenters. The average molecular weight is 597 g/mol. The molecular formula is C30H36N4O7S. The molecule has 0 aliphatic carbocycles. The molecule has 3 amide bonds. The molecule has 0 aliphatic heterocycles. The molecule has 0 fully saturated rings. The number of hydrogen-bond acceptors (Lipinski definition) is 7. The van der Waals surface area contributed by atoms with Crippen LogP contribution < -0.4 is 20.7 Å². The zero-order valence-corrected chi connectivity index (χ0v) is 24.3. The minimum Gasteiger partial charge on any atom is -0.505 e. The van der Waals surface area contributed by atoms with Gasteiger partial charge in [0, 0.05) is 18.7 Å². The molecule has 3 aromatic rings. The number of nitrogens with two attached hydrogens (primary N) is 1. The topological polar surface area (TPSA) is 168 Å². The molecule has 0 saturated carbocycles. The average Bonchev–Trinajstić information content (AvgIpc) is 2.96. The molecule has 0 heterocycles. The number of hydrogen-bond donors (Lipinski definition) is 4. The lowest BCUT2D eigenvalue weighted by Gasteiger charge is -2.27. The summed E-state index contributed by atoms with van der Waals surface area (Å²) in [6, 6.07) is 20.1. The van der Waals surface area contributed by atoms with E-state index >= 15 is 0 Å². The molecule has 0 aromatic heterocycles. The van der Waals surface area contributed by atoms with E-state index < -0.39 is 40.4 Å². The van der Waals surface area contributed by atoms with Crippen LogP contribution in [0.4, 0.5) is 10.5 Å². The Morgan fingerprint density at radius 1 is 0.952 bits per heavy atom. The Hall–Kier alpha value is -4.58. The quantitative estimate of drug-likeness (QED) is 0.221. The molecule has 5 N–H and O–H groups in total. The molecule has 0 saturated heterocycles. The number of benzene rings is 3. The number of sulfonamides is 1. The maximum Gasteiger partial charge on any atom is 0.408 e. The number of phenolic OH excluding ortho intramolecular Hbond substituents is 1. The van der Waals surface area contributed by atoms with Crippen molar-refractivity contribution in [3.63, 3.8) is 0 Å². The molecule has 0 bridgehead atoms. The van der Waals surface area contributed by atoms with E-state index in [0.29, 0.717) is 6.42 Å². The number of primary amides is 1. The van der Waals surface area contributed by atoms with Gasteiger partial charge in [0.15, 0.2) is 0 Å². The summed E-state index contributed by atoms with van der Waals surface area (Å²) in [7, 11) is -4.01. The maximum atomic E-state index is 13.6. The minimum absolute atomic E-state index is 0.0442. The van der Waals surface area contributed by atoms with Crippen LogP contribution in [0.5, 0.6) is 5.75 Å². The summed E-state index contributed by atoms with van der Waals surface area (Å²) >= 11 is 0. The van der Waals surface area contributed by atoms with Crippen molar-refractivity contribution in [2.24, 2.45) is 11.7 Å². The van der Waals surface area contributed by atoms with Crippen LogP contribution in [0.3, 0.4) is 0 Å². The van der Waals surface area contributed by atoms with Gasteiger partial charge in [-0.1, -0.05) is 74.5 Å². The van der Waals surface area contributed by atoms with Gasteiger partial charge in [-0.15, -0.1) is 0 Å². The van der Waals surface area contributed by atoms with Crippen LogP contribution in [0, 0.1) is 5.92 Å². The zero-order valence-electron chi connectivity index (χ0n) is 23.5. The van der Waals surface area contributed by atoms with Gasteiger partial charge >= 0.3 is 6.09 Å². The second kappa shape index (κ2) is 14.9. The van der Waals surface area contributed by atoms with E-state index in [-0.39, 0.29) is 47.5 Å². The number of carbonyl (C=O) groups excluding carboxylic acids is 3. The largest absolute Gasteiger partial charge is 0.505 e. The lowest BCUT2D eigenvalue weighted by Crippen LogP contribution is -2.48. The predicted octanol–water partition coefficient (Wildman–Crippen LogP) is 3.42. The Balaban J connectivity index is 1.76. The van der Waals surface area contributed by atoms with Gasteiger partial charge in [0.05, 0.1) is 17.0 Å². The molecule has 12 heteroatoms. The van der Waals surface area contributed by atoms with Gasteiger partial charge in [-0.25, -0.2) is 13.2 Å². The highest BCUT2D eigenvalue weighted by Gasteiger charge is 2.28. The standard InChI is InChI=1S/C30H36N4O7S/c1-21(2)16-17-34(42(39,40)24-13-7-4-8-14-24)26-15-9-12-23(28(26)36)19-32-29(37)25(18-27(31)35)33-30(38)41-20-22-10-5-3-6-11-22/h3-15,21,25,36H,16-20H2,1-2H3,(H2,31,35)(H,32,37)(H,33,38). The highest BCUT2D eigenvalue weighted by molar-refractivity contribution is 7.92. The summed E-state index contributed by atoms with van der Waals surface area (Å²) in [5.74, 6) is -1.71. The van der Waals surface area contributed by atoms with E-state index in [1.807, 2.05) is 19.9 Å². The van der Waals surface area contributed by atoms with Crippen LogP contribution in [-0.4, -0.2) is 44.0 Å². The van der Waals surface area contributed by atoms with Crippen LogP contribution in [0.15, 0.2) is 83.8 Å². The molecule has 3 rings (SSSR count). The van der Waals surface area contributed by atoms with Crippen molar-refractivity contribution in [3.8, 4) is 5.75 Å². The summed E-state index contributed by atoms with van der Waals surface area (Å²) in [6.45, 7) is 3.78. The summed E-state index contributed by atoms with van der Waals surface area (Å²) in [4.78, 5) is 36.9. The van der Waals surface area contributed by atoms with Crippen molar-refractivity contribution in [3.05, 3.63) is 90.0 Å². The third-order valence-electron chi connectivity index (χ3n) is 6.29. The number of nitrogens with one attached hydrogen (secondary N) is 2. The van der Waals surface area contributed by atoms with Crippen molar-refractivity contribution in [2.75, 3.05) is 10.8 Å². The van der Waals surface area contributed by atoms with Crippen molar-refractivity contribution in [2.45, 2.75) is 50.8 Å². The number of carbonyl (C=O) groups is 3. The number of amides is 3. The van der Waals surface area contributed by atoms with Crippen molar-refractivity contribution >= 4 is 33.6 Å². The molecule has 42 heavy (non-hydrogen) atoms. The smallest absolute Gasteiger partial charge is 0.408 e. The summed E-state index contributed by atoms with van der Waals surface area (Å²) in [6.07, 6.45) is -0.874. The molecule has 3 aromatic carbocycles. The molecule has 0 aliphatic rings. The summed E-state index contributed by atoms with van der Waals surface area (Å²) < 4.78 is 33.4. The first kappa shape index (κ1) is 31.9. The molecule has 0 radical (unpaired) electrons. The fourth-order valence-electron chi connectivity index (χ4n) is 4.01. The van der Waals surface area contributed by atoms with E-state index in [2.05, 4.69) is 10.6 Å². The van der Waals surface area contributed by atoms with Gasteiger partial charge in [0.1, 0.15) is 18.4 Å². The summed E-state index contributed by atoms with van der Waals surface area (Å²) in [5, 5.41) is 16.0. The number of aromatic hydroxyl groups is 1. The fraction of sp³-hybridized carbons (Fsp3) is 0.300. The Labute approximate surface area is 245 Å². The Kier molecular flexibility index (Phi) is 11.3. The third kappa shape index (κ3) is 8.96. The maximum absolute atomic E-state index is 13.6. The van der Waals surface area contributed by atoms with Crippen LogP contribution in [0.1, 0.15) is 37.8 Å². The Bertz CT molecular complexity index is 1470. The first-order chi connectivity index (χ1) is 20.0. The van der Waals surface area contributed by atoms with E-state index in [1.54, 1.807) is 48.5 Å². The number of ether oxygens (including phenoxy) is 1. The van der Waals surface area contributed by atoms with Crippen molar-refractivity contribution < 1.29 is 32.6 Å². The van der Waals surface area contributed by atoms with Gasteiger partial charge in [-0.05, 0) is 36.1 Å². The number of rotatable bonds is 14. The summed E-state index contributed by atoms with van der Waals surface area (Å²) in [5.41, 5.74) is 6.30. The van der Waals surface area contributed by atoms with Gasteiger partial charge < -0.3 is 26.2 Å². The Morgan fingerprint density at radius 2 is 1.60 bits per heavy atom. The van der Waals surface area contributed by atoms with Crippen LogP contribution >= 0.6 is 0 Å². The number of nitrogens with zero attached hydrogens (tertiary/aromatic N) is 1. The normalized spacial score (nSPS) is 11.9. The molecule has 1 atom stereocenters. The molecule has 224 valence electrons. The molecular weight excluding hydrogens is 560 g/mol. The van der Waals surface area contributed by atoms with Crippen molar-refractivity contribution in [1.82, 2.24) is 10.6 Å². The lowest BCUT2D eigenvalue weighted by atomic mass is 10.1.